The van der Waals surface area contributed by atoms with Gasteiger partial charge in [0, 0.05) is 31.5 Å². The molecule has 92 valence electrons. The van der Waals surface area contributed by atoms with E-state index in [-0.39, 0.29) is 11.8 Å². The molecular formula is C13H17NO3. The predicted molar refractivity (Wildman–Crippen MR) is 62.6 cm³/mol. The minimum Gasteiger partial charge on any atom is -0.481 e. The molecule has 1 aromatic rings. The maximum Gasteiger partial charge on any atom is 0.307 e. The van der Waals surface area contributed by atoms with Crippen molar-refractivity contribution < 1.29 is 14.6 Å². The Kier molecular flexibility index (Phi) is 4.09. The largest absolute Gasteiger partial charge is 0.481 e. The summed E-state index contributed by atoms with van der Waals surface area (Å²) in [4.78, 5) is 15.5. The highest BCUT2D eigenvalue weighted by Crippen LogP contribution is 2.26. The smallest absolute Gasteiger partial charge is 0.307 e. The van der Waals surface area contributed by atoms with Crippen molar-refractivity contribution in [2.24, 2.45) is 11.8 Å². The van der Waals surface area contributed by atoms with E-state index in [2.05, 4.69) is 4.98 Å². The lowest BCUT2D eigenvalue weighted by Gasteiger charge is -2.27. The molecule has 1 aliphatic rings. The second kappa shape index (κ2) is 5.77. The van der Waals surface area contributed by atoms with Crippen molar-refractivity contribution in [2.45, 2.75) is 19.3 Å². The number of rotatable bonds is 4. The number of carboxylic acid groups (broad SMARTS) is 1. The van der Waals surface area contributed by atoms with Crippen LogP contribution < -0.4 is 0 Å². The molecule has 0 aromatic carbocycles. The van der Waals surface area contributed by atoms with Crippen LogP contribution in [0.1, 0.15) is 18.5 Å². The number of pyridine rings is 1. The van der Waals surface area contributed by atoms with Crippen molar-refractivity contribution in [3.05, 3.63) is 30.1 Å². The van der Waals surface area contributed by atoms with E-state index >= 15 is 0 Å². The van der Waals surface area contributed by atoms with E-state index < -0.39 is 5.97 Å². The van der Waals surface area contributed by atoms with Crippen molar-refractivity contribution in [1.82, 2.24) is 4.98 Å². The van der Waals surface area contributed by atoms with Gasteiger partial charge in [-0.3, -0.25) is 9.78 Å². The Morgan fingerprint density at radius 3 is 2.82 bits per heavy atom. The molecular weight excluding hydrogens is 218 g/mol. The lowest BCUT2D eigenvalue weighted by molar-refractivity contribution is -0.145. The Morgan fingerprint density at radius 2 is 2.24 bits per heavy atom. The highest BCUT2D eigenvalue weighted by atomic mass is 16.5. The number of aromatic nitrogens is 1. The summed E-state index contributed by atoms with van der Waals surface area (Å²) in [6.07, 6.45) is 3.90. The third-order valence-electron chi connectivity index (χ3n) is 3.31. The lowest BCUT2D eigenvalue weighted by Crippen LogP contribution is -2.30. The van der Waals surface area contributed by atoms with Crippen LogP contribution in [0.3, 0.4) is 0 Å². The Balaban J connectivity index is 2.04. The van der Waals surface area contributed by atoms with Crippen molar-refractivity contribution in [3.63, 3.8) is 0 Å². The monoisotopic (exact) mass is 235 g/mol. The SMILES string of the molecule is O=C(O)C(Cc1ccccn1)C1CCOCC1. The fraction of sp³-hybridized carbons (Fsp3) is 0.538. The van der Waals surface area contributed by atoms with E-state index in [1.807, 2.05) is 18.2 Å². The van der Waals surface area contributed by atoms with Crippen molar-refractivity contribution >= 4 is 5.97 Å². The van der Waals surface area contributed by atoms with Crippen LogP contribution in [0, 0.1) is 11.8 Å². The summed E-state index contributed by atoms with van der Waals surface area (Å²) >= 11 is 0. The second-order valence-electron chi connectivity index (χ2n) is 4.42. The summed E-state index contributed by atoms with van der Waals surface area (Å²) in [5.41, 5.74) is 0.853. The fourth-order valence-corrected chi connectivity index (χ4v) is 2.32. The summed E-state index contributed by atoms with van der Waals surface area (Å²) in [6.45, 7) is 1.35. The minimum atomic E-state index is -0.720. The van der Waals surface area contributed by atoms with Gasteiger partial charge in [0.25, 0.3) is 0 Å². The van der Waals surface area contributed by atoms with Crippen LogP contribution >= 0.6 is 0 Å². The van der Waals surface area contributed by atoms with Crippen LogP contribution in [0.2, 0.25) is 0 Å². The number of ether oxygens (including phenoxy) is 1. The van der Waals surface area contributed by atoms with E-state index in [4.69, 9.17) is 4.74 Å². The maximum atomic E-state index is 11.3. The Bertz CT molecular complexity index is 360. The van der Waals surface area contributed by atoms with Gasteiger partial charge < -0.3 is 9.84 Å². The summed E-state index contributed by atoms with van der Waals surface area (Å²) in [7, 11) is 0. The van der Waals surface area contributed by atoms with Gasteiger partial charge in [-0.2, -0.15) is 0 Å². The quantitative estimate of drug-likeness (QED) is 0.863. The van der Waals surface area contributed by atoms with Gasteiger partial charge in [0.05, 0.1) is 5.92 Å². The van der Waals surface area contributed by atoms with Crippen molar-refractivity contribution in [3.8, 4) is 0 Å². The Labute approximate surface area is 101 Å². The van der Waals surface area contributed by atoms with Gasteiger partial charge in [-0.1, -0.05) is 6.07 Å². The molecule has 0 spiro atoms. The van der Waals surface area contributed by atoms with Gasteiger partial charge in [-0.15, -0.1) is 0 Å². The highest BCUT2D eigenvalue weighted by Gasteiger charge is 2.30. The molecule has 17 heavy (non-hydrogen) atoms. The molecule has 1 aromatic heterocycles. The molecule has 1 atom stereocenters. The molecule has 0 bridgehead atoms. The molecule has 0 saturated carbocycles. The van der Waals surface area contributed by atoms with Gasteiger partial charge in [0.1, 0.15) is 0 Å². The second-order valence-corrected chi connectivity index (χ2v) is 4.42. The lowest BCUT2D eigenvalue weighted by atomic mass is 9.83. The number of hydrogen-bond acceptors (Lipinski definition) is 3. The summed E-state index contributed by atoms with van der Waals surface area (Å²) in [5.74, 6) is -0.848. The maximum absolute atomic E-state index is 11.3. The molecule has 4 nitrogen and oxygen atoms in total. The fourth-order valence-electron chi connectivity index (χ4n) is 2.32. The average molecular weight is 235 g/mol. The summed E-state index contributed by atoms with van der Waals surface area (Å²) in [6, 6.07) is 5.62. The zero-order valence-electron chi connectivity index (χ0n) is 9.71. The van der Waals surface area contributed by atoms with Crippen LogP contribution in [0.4, 0.5) is 0 Å². The number of carbonyl (C=O) groups is 1. The molecule has 1 unspecified atom stereocenters. The van der Waals surface area contributed by atoms with E-state index in [0.29, 0.717) is 19.6 Å². The summed E-state index contributed by atoms with van der Waals surface area (Å²) in [5, 5.41) is 9.32. The van der Waals surface area contributed by atoms with Gasteiger partial charge >= 0.3 is 5.97 Å². The molecule has 2 heterocycles. The third kappa shape index (κ3) is 3.27. The molecule has 2 rings (SSSR count). The third-order valence-corrected chi connectivity index (χ3v) is 3.31. The molecule has 1 aliphatic heterocycles. The number of hydrogen-bond donors (Lipinski definition) is 1. The molecule has 0 amide bonds. The van der Waals surface area contributed by atoms with Gasteiger partial charge in [0.15, 0.2) is 0 Å². The molecule has 0 radical (unpaired) electrons. The normalized spacial score (nSPS) is 18.8. The van der Waals surface area contributed by atoms with E-state index in [1.54, 1.807) is 6.20 Å². The number of carboxylic acids is 1. The number of nitrogens with zero attached hydrogens (tertiary/aromatic N) is 1. The first-order valence-electron chi connectivity index (χ1n) is 5.98. The van der Waals surface area contributed by atoms with E-state index in [1.165, 1.54) is 0 Å². The zero-order chi connectivity index (χ0) is 12.1. The predicted octanol–water partition coefficient (Wildman–Crippen LogP) is 1.75. The standard InChI is InChI=1S/C13H17NO3/c15-13(16)12(10-4-7-17-8-5-10)9-11-3-1-2-6-14-11/h1-3,6,10,12H,4-5,7-9H2,(H,15,16). The Hall–Kier alpha value is -1.42. The van der Waals surface area contributed by atoms with Crippen molar-refractivity contribution in [2.75, 3.05) is 13.2 Å². The zero-order valence-corrected chi connectivity index (χ0v) is 9.71. The highest BCUT2D eigenvalue weighted by molar-refractivity contribution is 5.70. The summed E-state index contributed by atoms with van der Waals surface area (Å²) < 4.78 is 5.27. The first-order chi connectivity index (χ1) is 8.27. The van der Waals surface area contributed by atoms with Gasteiger partial charge in [0.2, 0.25) is 0 Å². The Morgan fingerprint density at radius 1 is 1.47 bits per heavy atom. The minimum absolute atomic E-state index is 0.211. The van der Waals surface area contributed by atoms with E-state index in [9.17, 15) is 9.90 Å². The molecule has 1 N–H and O–H groups in total. The van der Waals surface area contributed by atoms with Crippen molar-refractivity contribution in [1.29, 1.82) is 0 Å². The van der Waals surface area contributed by atoms with Crippen LogP contribution in [0.15, 0.2) is 24.4 Å². The average Bonchev–Trinajstić information content (AvgIpc) is 2.38. The van der Waals surface area contributed by atoms with Gasteiger partial charge in [-0.25, -0.2) is 0 Å². The van der Waals surface area contributed by atoms with Crippen LogP contribution in [-0.2, 0) is 16.0 Å². The first kappa shape index (κ1) is 12.0. The molecule has 4 heteroatoms. The van der Waals surface area contributed by atoms with Gasteiger partial charge in [-0.05, 0) is 30.9 Å². The van der Waals surface area contributed by atoms with Crippen LogP contribution in [0.25, 0.3) is 0 Å². The van der Waals surface area contributed by atoms with E-state index in [0.717, 1.165) is 18.5 Å². The molecule has 0 aliphatic carbocycles. The van der Waals surface area contributed by atoms with Crippen LogP contribution in [-0.4, -0.2) is 29.3 Å². The first-order valence-corrected chi connectivity index (χ1v) is 5.98. The molecule has 1 saturated heterocycles. The number of aliphatic carboxylic acids is 1. The topological polar surface area (TPSA) is 59.4 Å². The molecule has 1 fully saturated rings. The van der Waals surface area contributed by atoms with Crippen LogP contribution in [0.5, 0.6) is 0 Å².